The molecule has 0 saturated carbocycles. The van der Waals surface area contributed by atoms with Gasteiger partial charge < -0.3 is 4.98 Å². The molecule has 0 amide bonds. The molecule has 2 heterocycles. The van der Waals surface area contributed by atoms with Gasteiger partial charge in [-0.2, -0.15) is 0 Å². The van der Waals surface area contributed by atoms with Crippen molar-refractivity contribution in [3.05, 3.63) is 82.1 Å². The number of halogens is 1. The zero-order chi connectivity index (χ0) is 16.5. The van der Waals surface area contributed by atoms with Crippen LogP contribution in [-0.2, 0) is 6.42 Å². The van der Waals surface area contributed by atoms with E-state index in [9.17, 15) is 0 Å². The number of benzene rings is 2. The number of pyridine rings is 1. The van der Waals surface area contributed by atoms with Gasteiger partial charge in [-0.05, 0) is 36.8 Å². The fourth-order valence-electron chi connectivity index (χ4n) is 2.84. The van der Waals surface area contributed by atoms with E-state index in [0.717, 1.165) is 39.4 Å². The van der Waals surface area contributed by atoms with Crippen molar-refractivity contribution in [2.75, 3.05) is 0 Å². The topological polar surface area (TPSA) is 41.6 Å². The van der Waals surface area contributed by atoms with Gasteiger partial charge in [0.1, 0.15) is 5.69 Å². The molecule has 0 atom stereocenters. The molecule has 2 aromatic carbocycles. The standard InChI is InChI=1S/C20H16BrN3/c1-13-3-2-4-15(11-13)20-23-17-9-10-22-18(19(17)24-20)12-14-5-7-16(21)8-6-14/h2-11,22H,12H2,1H3. The maximum atomic E-state index is 4.79. The smallest absolute Gasteiger partial charge is 0.160 e. The number of imidazole rings is 1. The summed E-state index contributed by atoms with van der Waals surface area (Å²) in [7, 11) is 0. The van der Waals surface area contributed by atoms with Gasteiger partial charge in [-0.1, -0.05) is 51.8 Å². The van der Waals surface area contributed by atoms with Gasteiger partial charge in [0.15, 0.2) is 5.82 Å². The van der Waals surface area contributed by atoms with Crippen LogP contribution >= 0.6 is 15.9 Å². The van der Waals surface area contributed by atoms with E-state index >= 15 is 0 Å². The Labute approximate surface area is 149 Å². The lowest BCUT2D eigenvalue weighted by molar-refractivity contribution is 1.06. The quantitative estimate of drug-likeness (QED) is 0.530. The summed E-state index contributed by atoms with van der Waals surface area (Å²) in [6.45, 7) is 2.08. The predicted molar refractivity (Wildman–Crippen MR) is 100 cm³/mol. The van der Waals surface area contributed by atoms with Gasteiger partial charge in [0.25, 0.3) is 0 Å². The molecule has 2 aromatic rings. The molecular weight excluding hydrogens is 362 g/mol. The lowest BCUT2D eigenvalue weighted by Crippen LogP contribution is -1.96. The number of aromatic nitrogens is 3. The third kappa shape index (κ3) is 2.97. The molecule has 2 aliphatic heterocycles. The SMILES string of the molecule is Cc1cccc(-c2nc3cc[nH]c(Cc4ccc(Br)cc4)c-3n2)c1. The third-order valence-corrected chi connectivity index (χ3v) is 4.57. The van der Waals surface area contributed by atoms with Crippen LogP contribution in [0.4, 0.5) is 0 Å². The molecule has 118 valence electrons. The van der Waals surface area contributed by atoms with Crippen LogP contribution in [0.15, 0.2) is 65.3 Å². The molecule has 2 aliphatic rings. The summed E-state index contributed by atoms with van der Waals surface area (Å²) in [4.78, 5) is 12.8. The van der Waals surface area contributed by atoms with Crippen molar-refractivity contribution in [2.45, 2.75) is 13.3 Å². The largest absolute Gasteiger partial charge is 0.363 e. The summed E-state index contributed by atoms with van der Waals surface area (Å²) in [6.07, 6.45) is 2.74. The lowest BCUT2D eigenvalue weighted by Gasteiger charge is -2.06. The van der Waals surface area contributed by atoms with Gasteiger partial charge in [0.05, 0.1) is 5.69 Å². The Morgan fingerprint density at radius 1 is 1.00 bits per heavy atom. The normalized spacial score (nSPS) is 11.1. The van der Waals surface area contributed by atoms with Crippen LogP contribution in [0.1, 0.15) is 16.8 Å². The van der Waals surface area contributed by atoms with E-state index in [0.29, 0.717) is 0 Å². The molecule has 0 spiro atoms. The number of rotatable bonds is 3. The molecule has 0 bridgehead atoms. The van der Waals surface area contributed by atoms with Crippen molar-refractivity contribution in [1.29, 1.82) is 0 Å². The van der Waals surface area contributed by atoms with Crippen molar-refractivity contribution < 1.29 is 0 Å². The number of fused-ring (bicyclic) bond motifs is 1. The van der Waals surface area contributed by atoms with E-state index in [2.05, 4.69) is 70.3 Å². The first kappa shape index (κ1) is 15.1. The average Bonchev–Trinajstić information content (AvgIpc) is 3.02. The molecule has 1 N–H and O–H groups in total. The molecule has 4 rings (SSSR count). The summed E-state index contributed by atoms with van der Waals surface area (Å²) in [5, 5.41) is 0. The molecule has 0 radical (unpaired) electrons. The third-order valence-electron chi connectivity index (χ3n) is 4.04. The van der Waals surface area contributed by atoms with Crippen LogP contribution < -0.4 is 0 Å². The predicted octanol–water partition coefficient (Wildman–Crippen LogP) is 5.24. The van der Waals surface area contributed by atoms with Crippen molar-refractivity contribution >= 4 is 15.9 Å². The van der Waals surface area contributed by atoms with E-state index < -0.39 is 0 Å². The molecule has 0 aliphatic carbocycles. The second kappa shape index (κ2) is 6.21. The van der Waals surface area contributed by atoms with E-state index in [1.807, 2.05) is 18.3 Å². The van der Waals surface area contributed by atoms with Gasteiger partial charge in [-0.25, -0.2) is 9.97 Å². The minimum Gasteiger partial charge on any atom is -0.363 e. The zero-order valence-electron chi connectivity index (χ0n) is 13.3. The monoisotopic (exact) mass is 377 g/mol. The molecule has 0 saturated heterocycles. The number of hydrogen-bond acceptors (Lipinski definition) is 2. The second-order valence-electron chi connectivity index (χ2n) is 5.91. The minimum atomic E-state index is 0.783. The van der Waals surface area contributed by atoms with Gasteiger partial charge in [0.2, 0.25) is 0 Å². The fraction of sp³-hybridized carbons (Fsp3) is 0.100. The van der Waals surface area contributed by atoms with E-state index in [1.165, 1.54) is 11.1 Å². The summed E-state index contributed by atoms with van der Waals surface area (Å²) < 4.78 is 1.09. The summed E-state index contributed by atoms with van der Waals surface area (Å²) in [6, 6.07) is 18.6. The van der Waals surface area contributed by atoms with E-state index in [4.69, 9.17) is 9.97 Å². The molecule has 4 heteroatoms. The number of aromatic amines is 1. The fourth-order valence-corrected chi connectivity index (χ4v) is 3.10. The second-order valence-corrected chi connectivity index (χ2v) is 6.83. The Bertz CT molecular complexity index is 957. The Morgan fingerprint density at radius 2 is 1.83 bits per heavy atom. The minimum absolute atomic E-state index is 0.783. The zero-order valence-corrected chi connectivity index (χ0v) is 14.8. The van der Waals surface area contributed by atoms with E-state index in [1.54, 1.807) is 0 Å². The molecule has 3 nitrogen and oxygen atoms in total. The Morgan fingerprint density at radius 3 is 2.62 bits per heavy atom. The number of nitrogens with zero attached hydrogens (tertiary/aromatic N) is 2. The summed E-state index contributed by atoms with van der Waals surface area (Å²) >= 11 is 3.48. The highest BCUT2D eigenvalue weighted by Gasteiger charge is 2.16. The van der Waals surface area contributed by atoms with Crippen molar-refractivity contribution in [3.63, 3.8) is 0 Å². The van der Waals surface area contributed by atoms with Crippen molar-refractivity contribution in [1.82, 2.24) is 15.0 Å². The first-order valence-corrected chi connectivity index (χ1v) is 8.64. The first-order chi connectivity index (χ1) is 11.7. The Balaban J connectivity index is 1.74. The van der Waals surface area contributed by atoms with Gasteiger partial charge in [-0.3, -0.25) is 0 Å². The van der Waals surface area contributed by atoms with Gasteiger partial charge in [-0.15, -0.1) is 0 Å². The van der Waals surface area contributed by atoms with Crippen molar-refractivity contribution in [3.8, 4) is 22.8 Å². The summed E-state index contributed by atoms with van der Waals surface area (Å²) in [5.74, 6) is 0.783. The molecule has 0 fully saturated rings. The van der Waals surface area contributed by atoms with E-state index in [-0.39, 0.29) is 0 Å². The highest BCUT2D eigenvalue weighted by molar-refractivity contribution is 9.10. The molecule has 0 unspecified atom stereocenters. The Hall–Kier alpha value is -2.46. The highest BCUT2D eigenvalue weighted by Crippen LogP contribution is 2.28. The van der Waals surface area contributed by atoms with Crippen LogP contribution in [0.5, 0.6) is 0 Å². The highest BCUT2D eigenvalue weighted by atomic mass is 79.9. The van der Waals surface area contributed by atoms with Crippen LogP contribution in [0, 0.1) is 6.92 Å². The molecule has 0 aromatic heterocycles. The number of H-pyrrole nitrogens is 1. The summed E-state index contributed by atoms with van der Waals surface area (Å²) in [5.41, 5.74) is 6.46. The van der Waals surface area contributed by atoms with Crippen LogP contribution in [0.25, 0.3) is 22.8 Å². The van der Waals surface area contributed by atoms with Crippen LogP contribution in [-0.4, -0.2) is 15.0 Å². The number of hydrogen-bond donors (Lipinski definition) is 1. The molecule has 24 heavy (non-hydrogen) atoms. The lowest BCUT2D eigenvalue weighted by atomic mass is 10.1. The van der Waals surface area contributed by atoms with Gasteiger partial charge >= 0.3 is 0 Å². The number of nitrogens with one attached hydrogen (secondary N) is 1. The first-order valence-electron chi connectivity index (χ1n) is 7.84. The average molecular weight is 378 g/mol. The maximum absolute atomic E-state index is 4.79. The van der Waals surface area contributed by atoms with Crippen LogP contribution in [0.2, 0.25) is 0 Å². The number of aryl methyl sites for hydroxylation is 1. The maximum Gasteiger partial charge on any atom is 0.160 e. The Kier molecular flexibility index (Phi) is 3.90. The van der Waals surface area contributed by atoms with Crippen molar-refractivity contribution in [2.24, 2.45) is 0 Å². The van der Waals surface area contributed by atoms with Gasteiger partial charge in [0, 0.05) is 28.3 Å². The van der Waals surface area contributed by atoms with Crippen LogP contribution in [0.3, 0.4) is 0 Å². The molecular formula is C20H16BrN3.